The van der Waals surface area contributed by atoms with Crippen LogP contribution in [0.1, 0.15) is 30.0 Å². The smallest absolute Gasteiger partial charge is 0.123 e. The van der Waals surface area contributed by atoms with Crippen LogP contribution in [0.5, 0.6) is 0 Å². The van der Waals surface area contributed by atoms with Crippen LogP contribution < -0.4 is 5.73 Å². The molecular formula is C12H14FN. The van der Waals surface area contributed by atoms with Crippen molar-refractivity contribution in [3.05, 3.63) is 35.1 Å². The van der Waals surface area contributed by atoms with E-state index in [2.05, 4.69) is 5.92 Å². The minimum absolute atomic E-state index is 0.165. The Morgan fingerprint density at radius 3 is 2.93 bits per heavy atom. The van der Waals surface area contributed by atoms with E-state index in [1.54, 1.807) is 6.07 Å². The van der Waals surface area contributed by atoms with E-state index in [9.17, 15) is 4.39 Å². The van der Waals surface area contributed by atoms with E-state index in [1.807, 2.05) is 6.92 Å². The van der Waals surface area contributed by atoms with Crippen LogP contribution in [0.25, 0.3) is 0 Å². The topological polar surface area (TPSA) is 26.0 Å². The Kier molecular flexibility index (Phi) is 3.67. The van der Waals surface area contributed by atoms with Crippen molar-refractivity contribution in [3.63, 3.8) is 0 Å². The van der Waals surface area contributed by atoms with E-state index in [0.29, 0.717) is 12.8 Å². The summed E-state index contributed by atoms with van der Waals surface area (Å²) in [5, 5.41) is 0. The van der Waals surface area contributed by atoms with Gasteiger partial charge < -0.3 is 5.73 Å². The lowest BCUT2D eigenvalue weighted by molar-refractivity contribution is 0.610. The van der Waals surface area contributed by atoms with Crippen molar-refractivity contribution >= 4 is 0 Å². The molecule has 0 heterocycles. The Bertz CT molecular complexity index is 352. The van der Waals surface area contributed by atoms with Crippen LogP contribution in [0, 0.1) is 25.1 Å². The van der Waals surface area contributed by atoms with Gasteiger partial charge in [-0.2, -0.15) is 0 Å². The quantitative estimate of drug-likeness (QED) is 0.730. The Labute approximate surface area is 84.1 Å². The zero-order chi connectivity index (χ0) is 10.6. The molecule has 1 nitrogen and oxygen atoms in total. The molecule has 0 radical (unpaired) electrons. The fourth-order valence-corrected chi connectivity index (χ4v) is 1.41. The van der Waals surface area contributed by atoms with Crippen LogP contribution in [-0.2, 0) is 0 Å². The highest BCUT2D eigenvalue weighted by molar-refractivity contribution is 5.29. The van der Waals surface area contributed by atoms with Crippen molar-refractivity contribution in [2.24, 2.45) is 5.73 Å². The Morgan fingerprint density at radius 1 is 1.57 bits per heavy atom. The molecule has 1 aromatic rings. The molecule has 0 aliphatic carbocycles. The summed E-state index contributed by atoms with van der Waals surface area (Å²) in [5.41, 5.74) is 7.75. The molecule has 1 unspecified atom stereocenters. The van der Waals surface area contributed by atoms with Gasteiger partial charge in [-0.05, 0) is 36.6 Å². The second-order valence-electron chi connectivity index (χ2n) is 3.35. The molecule has 0 saturated heterocycles. The standard InChI is InChI=1S/C12H14FN/c1-3-4-5-12(14)11-8-10(13)7-6-9(11)2/h1,6-8,12H,4-5,14H2,2H3. The van der Waals surface area contributed by atoms with Gasteiger partial charge in [0.2, 0.25) is 0 Å². The highest BCUT2D eigenvalue weighted by Gasteiger charge is 2.08. The molecule has 14 heavy (non-hydrogen) atoms. The van der Waals surface area contributed by atoms with E-state index in [-0.39, 0.29) is 11.9 Å². The fraction of sp³-hybridized carbons (Fsp3) is 0.333. The maximum atomic E-state index is 12.9. The first-order valence-electron chi connectivity index (χ1n) is 4.60. The summed E-state index contributed by atoms with van der Waals surface area (Å²) < 4.78 is 12.9. The molecule has 0 amide bonds. The van der Waals surface area contributed by atoms with Gasteiger partial charge in [0.05, 0.1) is 0 Å². The Hall–Kier alpha value is -1.33. The van der Waals surface area contributed by atoms with Gasteiger partial charge in [0.25, 0.3) is 0 Å². The summed E-state index contributed by atoms with van der Waals surface area (Å²) in [6.07, 6.45) is 6.46. The Morgan fingerprint density at radius 2 is 2.29 bits per heavy atom. The largest absolute Gasteiger partial charge is 0.324 e. The molecule has 0 bridgehead atoms. The molecule has 0 saturated carbocycles. The highest BCUT2D eigenvalue weighted by atomic mass is 19.1. The molecule has 0 aliphatic heterocycles. The number of nitrogens with two attached hydrogens (primary N) is 1. The van der Waals surface area contributed by atoms with Crippen LogP contribution in [0.4, 0.5) is 4.39 Å². The lowest BCUT2D eigenvalue weighted by Gasteiger charge is -2.13. The third kappa shape index (κ3) is 2.58. The van der Waals surface area contributed by atoms with Crippen LogP contribution in [0.2, 0.25) is 0 Å². The van der Waals surface area contributed by atoms with Crippen LogP contribution in [-0.4, -0.2) is 0 Å². The second kappa shape index (κ2) is 4.78. The van der Waals surface area contributed by atoms with Gasteiger partial charge in [-0.1, -0.05) is 6.07 Å². The summed E-state index contributed by atoms with van der Waals surface area (Å²) in [6, 6.07) is 4.49. The third-order valence-corrected chi connectivity index (χ3v) is 2.24. The summed E-state index contributed by atoms with van der Waals surface area (Å²) >= 11 is 0. The summed E-state index contributed by atoms with van der Waals surface area (Å²) in [5.74, 6) is 2.28. The SMILES string of the molecule is C#CCCC(N)c1cc(F)ccc1C. The summed E-state index contributed by atoms with van der Waals surface area (Å²) in [7, 11) is 0. The van der Waals surface area contributed by atoms with Crippen molar-refractivity contribution in [1.29, 1.82) is 0 Å². The van der Waals surface area contributed by atoms with Gasteiger partial charge in [-0.3, -0.25) is 0 Å². The maximum Gasteiger partial charge on any atom is 0.123 e. The van der Waals surface area contributed by atoms with Crippen LogP contribution in [0.15, 0.2) is 18.2 Å². The highest BCUT2D eigenvalue weighted by Crippen LogP contribution is 2.20. The minimum Gasteiger partial charge on any atom is -0.324 e. The number of terminal acetylenes is 1. The first-order chi connectivity index (χ1) is 6.65. The molecule has 2 heteroatoms. The number of halogens is 1. The van der Waals surface area contributed by atoms with Gasteiger partial charge in [0, 0.05) is 12.5 Å². The van der Waals surface area contributed by atoms with Crippen LogP contribution >= 0.6 is 0 Å². The number of rotatable bonds is 3. The maximum absolute atomic E-state index is 12.9. The van der Waals surface area contributed by atoms with E-state index < -0.39 is 0 Å². The van der Waals surface area contributed by atoms with Crippen molar-refractivity contribution in [2.75, 3.05) is 0 Å². The number of hydrogen-bond acceptors (Lipinski definition) is 1. The van der Waals surface area contributed by atoms with E-state index >= 15 is 0 Å². The second-order valence-corrected chi connectivity index (χ2v) is 3.35. The zero-order valence-electron chi connectivity index (χ0n) is 8.26. The number of aryl methyl sites for hydroxylation is 1. The molecule has 0 aliphatic rings. The van der Waals surface area contributed by atoms with Crippen molar-refractivity contribution in [3.8, 4) is 12.3 Å². The van der Waals surface area contributed by atoms with Gasteiger partial charge in [-0.15, -0.1) is 12.3 Å². The molecule has 0 spiro atoms. The molecule has 2 N–H and O–H groups in total. The predicted octanol–water partition coefficient (Wildman–Crippen LogP) is 2.55. The third-order valence-electron chi connectivity index (χ3n) is 2.24. The van der Waals surface area contributed by atoms with E-state index in [4.69, 9.17) is 12.2 Å². The van der Waals surface area contributed by atoms with Crippen molar-refractivity contribution in [1.82, 2.24) is 0 Å². The molecular weight excluding hydrogens is 177 g/mol. The Balaban J connectivity index is 2.83. The van der Waals surface area contributed by atoms with Gasteiger partial charge in [0.1, 0.15) is 5.82 Å². The van der Waals surface area contributed by atoms with Crippen LogP contribution in [0.3, 0.4) is 0 Å². The summed E-state index contributed by atoms with van der Waals surface area (Å²) in [4.78, 5) is 0. The fourth-order valence-electron chi connectivity index (χ4n) is 1.41. The first kappa shape index (κ1) is 10.7. The van der Waals surface area contributed by atoms with E-state index in [0.717, 1.165) is 11.1 Å². The molecule has 0 aromatic heterocycles. The molecule has 1 atom stereocenters. The van der Waals surface area contributed by atoms with E-state index in [1.165, 1.54) is 12.1 Å². The number of hydrogen-bond donors (Lipinski definition) is 1. The number of benzene rings is 1. The zero-order valence-corrected chi connectivity index (χ0v) is 8.26. The molecule has 1 rings (SSSR count). The normalized spacial score (nSPS) is 12.1. The van der Waals surface area contributed by atoms with Crippen molar-refractivity contribution < 1.29 is 4.39 Å². The van der Waals surface area contributed by atoms with Gasteiger partial charge in [-0.25, -0.2) is 4.39 Å². The monoisotopic (exact) mass is 191 g/mol. The average molecular weight is 191 g/mol. The molecule has 1 aromatic carbocycles. The van der Waals surface area contributed by atoms with Gasteiger partial charge >= 0.3 is 0 Å². The lowest BCUT2D eigenvalue weighted by Crippen LogP contribution is -2.11. The molecule has 74 valence electrons. The minimum atomic E-state index is -0.248. The summed E-state index contributed by atoms with van der Waals surface area (Å²) in [6.45, 7) is 1.92. The lowest BCUT2D eigenvalue weighted by atomic mass is 9.98. The van der Waals surface area contributed by atoms with Crippen molar-refractivity contribution in [2.45, 2.75) is 25.8 Å². The predicted molar refractivity (Wildman–Crippen MR) is 56.1 cm³/mol. The first-order valence-corrected chi connectivity index (χ1v) is 4.60. The average Bonchev–Trinajstić information content (AvgIpc) is 2.18. The van der Waals surface area contributed by atoms with Gasteiger partial charge in [0.15, 0.2) is 0 Å². The molecule has 0 fully saturated rings.